The third-order valence-electron chi connectivity index (χ3n) is 4.93. The van der Waals surface area contributed by atoms with Crippen LogP contribution in [-0.2, 0) is 4.79 Å². The second-order valence-corrected chi connectivity index (χ2v) is 8.00. The Kier molecular flexibility index (Phi) is 5.67. The minimum Gasteiger partial charge on any atom is -0.342 e. The van der Waals surface area contributed by atoms with Gasteiger partial charge in [-0.3, -0.25) is 4.79 Å². The maximum atomic E-state index is 12.7. The van der Waals surface area contributed by atoms with Gasteiger partial charge in [0.25, 0.3) is 0 Å². The van der Waals surface area contributed by atoms with Crippen LogP contribution in [0.5, 0.6) is 0 Å². The average molecular weight is 295 g/mol. The number of carbonyl (C=O) groups excluding carboxylic acids is 1. The van der Waals surface area contributed by atoms with Crippen LogP contribution >= 0.6 is 0 Å². The summed E-state index contributed by atoms with van der Waals surface area (Å²) < 4.78 is 0. The zero-order valence-corrected chi connectivity index (χ0v) is 14.1. The van der Waals surface area contributed by atoms with Crippen LogP contribution in [0, 0.1) is 11.3 Å². The van der Waals surface area contributed by atoms with Gasteiger partial charge in [0, 0.05) is 25.7 Å². The average Bonchev–Trinajstić information content (AvgIpc) is 2.97. The first-order valence-electron chi connectivity index (χ1n) is 8.63. The summed E-state index contributed by atoms with van der Waals surface area (Å²) >= 11 is 0. The van der Waals surface area contributed by atoms with Crippen LogP contribution in [0.15, 0.2) is 0 Å². The summed E-state index contributed by atoms with van der Waals surface area (Å²) in [5.41, 5.74) is 6.02. The number of carbonyl (C=O) groups is 1. The smallest absolute Gasteiger partial charge is 0.226 e. The van der Waals surface area contributed by atoms with E-state index in [1.807, 2.05) is 0 Å². The van der Waals surface area contributed by atoms with Gasteiger partial charge in [-0.05, 0) is 50.6 Å². The second-order valence-electron chi connectivity index (χ2n) is 8.00. The highest BCUT2D eigenvalue weighted by Gasteiger charge is 2.32. The normalized spacial score (nSPS) is 23.5. The van der Waals surface area contributed by atoms with E-state index in [9.17, 15) is 4.79 Å². The molecule has 4 nitrogen and oxygen atoms in total. The molecule has 0 aromatic heterocycles. The van der Waals surface area contributed by atoms with Crippen molar-refractivity contribution in [1.82, 2.24) is 9.80 Å². The lowest BCUT2D eigenvalue weighted by Gasteiger charge is -2.38. The second kappa shape index (κ2) is 7.10. The van der Waals surface area contributed by atoms with Crippen molar-refractivity contribution in [3.8, 4) is 0 Å². The molecule has 0 aliphatic carbocycles. The molecule has 122 valence electrons. The molecule has 2 rings (SSSR count). The van der Waals surface area contributed by atoms with Gasteiger partial charge in [-0.15, -0.1) is 0 Å². The van der Waals surface area contributed by atoms with Gasteiger partial charge in [0.15, 0.2) is 0 Å². The quantitative estimate of drug-likeness (QED) is 0.864. The van der Waals surface area contributed by atoms with Crippen LogP contribution in [0.2, 0.25) is 0 Å². The van der Waals surface area contributed by atoms with Gasteiger partial charge in [0.1, 0.15) is 0 Å². The fourth-order valence-electron chi connectivity index (χ4n) is 3.83. The zero-order chi connectivity index (χ0) is 15.5. The molecular weight excluding hydrogens is 262 g/mol. The van der Waals surface area contributed by atoms with Crippen molar-refractivity contribution in [2.75, 3.05) is 32.7 Å². The number of hydrogen-bond donors (Lipinski definition) is 1. The third kappa shape index (κ3) is 4.68. The highest BCUT2D eigenvalue weighted by Crippen LogP contribution is 2.27. The Labute approximate surface area is 130 Å². The van der Waals surface area contributed by atoms with Crippen LogP contribution in [0.4, 0.5) is 0 Å². The summed E-state index contributed by atoms with van der Waals surface area (Å²) in [6, 6.07) is 0.704. The first-order chi connectivity index (χ1) is 9.90. The maximum absolute atomic E-state index is 12.7. The molecule has 2 heterocycles. The Morgan fingerprint density at radius 2 is 1.71 bits per heavy atom. The van der Waals surface area contributed by atoms with Crippen LogP contribution < -0.4 is 5.73 Å². The molecule has 0 spiro atoms. The molecule has 1 atom stereocenters. The van der Waals surface area contributed by atoms with Crippen LogP contribution in [0.1, 0.15) is 52.9 Å². The molecule has 0 bridgehead atoms. The number of hydrogen-bond acceptors (Lipinski definition) is 3. The van der Waals surface area contributed by atoms with Crippen molar-refractivity contribution >= 4 is 5.91 Å². The van der Waals surface area contributed by atoms with Crippen molar-refractivity contribution in [2.45, 2.75) is 58.9 Å². The van der Waals surface area contributed by atoms with Gasteiger partial charge in [0.2, 0.25) is 5.91 Å². The zero-order valence-electron chi connectivity index (χ0n) is 14.1. The number of rotatable bonds is 4. The minimum absolute atomic E-state index is 0.00617. The summed E-state index contributed by atoms with van der Waals surface area (Å²) in [5.74, 6) is 0.278. The van der Waals surface area contributed by atoms with E-state index in [4.69, 9.17) is 5.73 Å². The van der Waals surface area contributed by atoms with Gasteiger partial charge >= 0.3 is 0 Å². The van der Waals surface area contributed by atoms with Gasteiger partial charge in [-0.1, -0.05) is 20.8 Å². The Bertz CT molecular complexity index is 336. The first-order valence-corrected chi connectivity index (χ1v) is 8.63. The Morgan fingerprint density at radius 3 is 2.19 bits per heavy atom. The number of piperidine rings is 1. The molecule has 0 radical (unpaired) electrons. The number of nitrogens with two attached hydrogens (primary N) is 1. The van der Waals surface area contributed by atoms with Crippen molar-refractivity contribution in [2.24, 2.45) is 17.1 Å². The molecule has 0 aromatic carbocycles. The third-order valence-corrected chi connectivity index (χ3v) is 4.93. The van der Waals surface area contributed by atoms with E-state index < -0.39 is 0 Å². The summed E-state index contributed by atoms with van der Waals surface area (Å²) in [4.78, 5) is 17.4. The molecule has 0 aromatic rings. The van der Waals surface area contributed by atoms with E-state index in [0.29, 0.717) is 12.6 Å². The van der Waals surface area contributed by atoms with E-state index in [1.54, 1.807) is 0 Å². The fourth-order valence-corrected chi connectivity index (χ4v) is 3.83. The molecule has 2 N–H and O–H groups in total. The Hall–Kier alpha value is -0.610. The molecule has 2 aliphatic rings. The van der Waals surface area contributed by atoms with Crippen LogP contribution in [-0.4, -0.2) is 54.5 Å². The minimum atomic E-state index is -0.00617. The lowest BCUT2D eigenvalue weighted by molar-refractivity contribution is -0.137. The largest absolute Gasteiger partial charge is 0.342 e. The standard InChI is InChI=1S/C17H33N3O/c1-17(2,3)12-14(13-18)16(21)20-10-6-15(7-11-20)19-8-4-5-9-19/h14-15H,4-13,18H2,1-3H3. The van der Waals surface area contributed by atoms with Gasteiger partial charge < -0.3 is 15.5 Å². The molecule has 1 amide bonds. The number of amides is 1. The van der Waals surface area contributed by atoms with Crippen molar-refractivity contribution in [3.05, 3.63) is 0 Å². The van der Waals surface area contributed by atoms with Crippen LogP contribution in [0.3, 0.4) is 0 Å². The van der Waals surface area contributed by atoms with Crippen molar-refractivity contribution in [1.29, 1.82) is 0 Å². The molecule has 0 saturated carbocycles. The van der Waals surface area contributed by atoms with E-state index in [2.05, 4.69) is 30.6 Å². The topological polar surface area (TPSA) is 49.6 Å². The summed E-state index contributed by atoms with van der Waals surface area (Å²) in [7, 11) is 0. The summed E-state index contributed by atoms with van der Waals surface area (Å²) in [6.07, 6.45) is 5.85. The molecule has 2 saturated heterocycles. The van der Waals surface area contributed by atoms with Gasteiger partial charge in [0.05, 0.1) is 5.92 Å². The SMILES string of the molecule is CC(C)(C)CC(CN)C(=O)N1CCC(N2CCCC2)CC1. The van der Waals surface area contributed by atoms with E-state index in [0.717, 1.165) is 32.4 Å². The highest BCUT2D eigenvalue weighted by molar-refractivity contribution is 5.79. The van der Waals surface area contributed by atoms with Gasteiger partial charge in [-0.25, -0.2) is 0 Å². The Morgan fingerprint density at radius 1 is 1.14 bits per heavy atom. The highest BCUT2D eigenvalue weighted by atomic mass is 16.2. The van der Waals surface area contributed by atoms with Crippen molar-refractivity contribution < 1.29 is 4.79 Å². The maximum Gasteiger partial charge on any atom is 0.226 e. The predicted octanol–water partition coefficient (Wildman–Crippen LogP) is 2.08. The molecule has 1 unspecified atom stereocenters. The lowest BCUT2D eigenvalue weighted by Crippen LogP contribution is -2.48. The number of likely N-dealkylation sites (tertiary alicyclic amines) is 2. The molecular formula is C17H33N3O. The van der Waals surface area contributed by atoms with Gasteiger partial charge in [-0.2, -0.15) is 0 Å². The monoisotopic (exact) mass is 295 g/mol. The Balaban J connectivity index is 1.83. The lowest BCUT2D eigenvalue weighted by atomic mass is 9.83. The van der Waals surface area contributed by atoms with E-state index in [-0.39, 0.29) is 17.2 Å². The van der Waals surface area contributed by atoms with E-state index >= 15 is 0 Å². The molecule has 21 heavy (non-hydrogen) atoms. The molecule has 2 aliphatic heterocycles. The van der Waals surface area contributed by atoms with Crippen molar-refractivity contribution in [3.63, 3.8) is 0 Å². The fraction of sp³-hybridized carbons (Fsp3) is 0.941. The number of nitrogens with zero attached hydrogens (tertiary/aromatic N) is 2. The molecule has 2 fully saturated rings. The molecule has 4 heteroatoms. The predicted molar refractivity (Wildman–Crippen MR) is 87.0 cm³/mol. The summed E-state index contributed by atoms with van der Waals surface area (Å²) in [6.45, 7) is 11.4. The van der Waals surface area contributed by atoms with Crippen LogP contribution in [0.25, 0.3) is 0 Å². The first kappa shape index (κ1) is 16.8. The van der Waals surface area contributed by atoms with E-state index in [1.165, 1.54) is 25.9 Å². The summed E-state index contributed by atoms with van der Waals surface area (Å²) in [5, 5.41) is 0.